The summed E-state index contributed by atoms with van der Waals surface area (Å²) in [6.45, 7) is 3.69. The summed E-state index contributed by atoms with van der Waals surface area (Å²) in [4.78, 5) is 14.4. The quantitative estimate of drug-likeness (QED) is 0.891. The highest BCUT2D eigenvalue weighted by molar-refractivity contribution is 7.91. The molecule has 2 aliphatic rings. The summed E-state index contributed by atoms with van der Waals surface area (Å²) in [6.07, 6.45) is 5.49. The Hall–Kier alpha value is -1.57. The van der Waals surface area contributed by atoms with Crippen LogP contribution in [0.4, 0.5) is 10.6 Å². The van der Waals surface area contributed by atoms with Crippen molar-refractivity contribution in [3.8, 4) is 0 Å². The number of likely N-dealkylation sites (tertiary alicyclic amines) is 1. The van der Waals surface area contributed by atoms with Gasteiger partial charge in [-0.25, -0.2) is 17.9 Å². The van der Waals surface area contributed by atoms with Crippen molar-refractivity contribution in [2.75, 3.05) is 29.9 Å². The Morgan fingerprint density at radius 3 is 2.91 bits per heavy atom. The van der Waals surface area contributed by atoms with E-state index in [4.69, 9.17) is 0 Å². The average Bonchev–Trinajstić information content (AvgIpc) is 3.01. The Labute approximate surface area is 137 Å². The van der Waals surface area contributed by atoms with Crippen LogP contribution in [0.3, 0.4) is 0 Å². The van der Waals surface area contributed by atoms with Gasteiger partial charge in [-0.05, 0) is 25.2 Å². The largest absolute Gasteiger partial charge is 0.324 e. The first-order valence-electron chi connectivity index (χ1n) is 8.24. The van der Waals surface area contributed by atoms with E-state index in [2.05, 4.69) is 17.3 Å². The third-order valence-corrected chi connectivity index (χ3v) is 6.40. The van der Waals surface area contributed by atoms with Gasteiger partial charge in [0.2, 0.25) is 0 Å². The maximum atomic E-state index is 12.5. The van der Waals surface area contributed by atoms with Crippen molar-refractivity contribution < 1.29 is 13.2 Å². The standard InChI is InChI=1S/C15H24N4O3S/c1-12-4-2-3-8-18(10-12)15(20)17-14-5-7-16-19(14)13-6-9-23(21,22)11-13/h5,7,12-13H,2-4,6,8-11H2,1H3,(H,17,20). The molecular formula is C15H24N4O3S. The van der Waals surface area contributed by atoms with Crippen LogP contribution in [0.2, 0.25) is 0 Å². The molecule has 23 heavy (non-hydrogen) atoms. The molecule has 0 saturated carbocycles. The number of hydrogen-bond acceptors (Lipinski definition) is 4. The maximum absolute atomic E-state index is 12.5. The van der Waals surface area contributed by atoms with Gasteiger partial charge in [0.15, 0.2) is 9.84 Å². The number of hydrogen-bond donors (Lipinski definition) is 1. The second kappa shape index (κ2) is 6.51. The number of amides is 2. The topological polar surface area (TPSA) is 84.3 Å². The highest BCUT2D eigenvalue weighted by atomic mass is 32.2. The summed E-state index contributed by atoms with van der Waals surface area (Å²) in [6, 6.07) is 1.42. The molecule has 2 atom stereocenters. The molecule has 0 aromatic carbocycles. The molecule has 1 N–H and O–H groups in total. The molecule has 3 heterocycles. The van der Waals surface area contributed by atoms with Gasteiger partial charge in [-0.1, -0.05) is 13.3 Å². The smallest absolute Gasteiger partial charge is 0.323 e. The van der Waals surface area contributed by atoms with E-state index in [0.717, 1.165) is 32.4 Å². The van der Waals surface area contributed by atoms with Crippen LogP contribution in [0, 0.1) is 5.92 Å². The van der Waals surface area contributed by atoms with Crippen LogP contribution in [0.25, 0.3) is 0 Å². The molecule has 1 aromatic heterocycles. The number of anilines is 1. The molecule has 0 spiro atoms. The van der Waals surface area contributed by atoms with E-state index in [1.165, 1.54) is 0 Å². The Kier molecular flexibility index (Phi) is 4.61. The number of aromatic nitrogens is 2. The fourth-order valence-electron chi connectivity index (χ4n) is 3.40. The number of carbonyl (C=O) groups excluding carboxylic acids is 1. The number of rotatable bonds is 2. The monoisotopic (exact) mass is 340 g/mol. The van der Waals surface area contributed by atoms with Crippen molar-refractivity contribution in [3.05, 3.63) is 12.3 Å². The summed E-state index contributed by atoms with van der Waals surface area (Å²) >= 11 is 0. The fourth-order valence-corrected chi connectivity index (χ4v) is 5.09. The molecule has 2 unspecified atom stereocenters. The molecule has 0 radical (unpaired) electrons. The lowest BCUT2D eigenvalue weighted by molar-refractivity contribution is 0.207. The van der Waals surface area contributed by atoms with Gasteiger partial charge in [-0.2, -0.15) is 5.10 Å². The number of sulfone groups is 1. The van der Waals surface area contributed by atoms with Crippen molar-refractivity contribution in [1.82, 2.24) is 14.7 Å². The van der Waals surface area contributed by atoms with E-state index in [1.807, 2.05) is 4.90 Å². The Balaban J connectivity index is 1.69. The van der Waals surface area contributed by atoms with Gasteiger partial charge in [0.05, 0.1) is 23.7 Å². The number of carbonyl (C=O) groups is 1. The normalized spacial score (nSPS) is 27.6. The lowest BCUT2D eigenvalue weighted by Crippen LogP contribution is -2.38. The zero-order valence-electron chi connectivity index (χ0n) is 13.4. The molecule has 0 aliphatic carbocycles. The Morgan fingerprint density at radius 2 is 2.17 bits per heavy atom. The van der Waals surface area contributed by atoms with Crippen LogP contribution in [0.5, 0.6) is 0 Å². The van der Waals surface area contributed by atoms with Gasteiger partial charge >= 0.3 is 6.03 Å². The number of nitrogens with one attached hydrogen (secondary N) is 1. The zero-order chi connectivity index (χ0) is 16.4. The van der Waals surface area contributed by atoms with Crippen LogP contribution in [0.15, 0.2) is 12.3 Å². The fraction of sp³-hybridized carbons (Fsp3) is 0.733. The molecule has 7 nitrogen and oxygen atoms in total. The SMILES string of the molecule is CC1CCCCN(C(=O)Nc2ccnn2C2CCS(=O)(=O)C2)C1. The predicted molar refractivity (Wildman–Crippen MR) is 88.1 cm³/mol. The van der Waals surface area contributed by atoms with Crippen LogP contribution in [-0.4, -0.2) is 53.7 Å². The van der Waals surface area contributed by atoms with Gasteiger partial charge in [0.1, 0.15) is 5.82 Å². The maximum Gasteiger partial charge on any atom is 0.323 e. The van der Waals surface area contributed by atoms with Crippen LogP contribution >= 0.6 is 0 Å². The molecule has 1 aromatic rings. The minimum Gasteiger partial charge on any atom is -0.324 e. The zero-order valence-corrected chi connectivity index (χ0v) is 14.3. The highest BCUT2D eigenvalue weighted by Gasteiger charge is 2.31. The van der Waals surface area contributed by atoms with Crippen LogP contribution in [-0.2, 0) is 9.84 Å². The lowest BCUT2D eigenvalue weighted by Gasteiger charge is -2.23. The number of nitrogens with zero attached hydrogens (tertiary/aromatic N) is 3. The molecule has 2 amide bonds. The second-order valence-corrected chi connectivity index (χ2v) is 8.92. The summed E-state index contributed by atoms with van der Waals surface area (Å²) in [5.41, 5.74) is 0. The molecule has 0 bridgehead atoms. The van der Waals surface area contributed by atoms with E-state index in [1.54, 1.807) is 16.9 Å². The minimum atomic E-state index is -2.98. The summed E-state index contributed by atoms with van der Waals surface area (Å²) in [7, 11) is -2.98. The summed E-state index contributed by atoms with van der Waals surface area (Å²) in [5.74, 6) is 1.37. The summed E-state index contributed by atoms with van der Waals surface area (Å²) < 4.78 is 25.0. The Morgan fingerprint density at radius 1 is 1.35 bits per heavy atom. The van der Waals surface area contributed by atoms with Crippen molar-refractivity contribution >= 4 is 21.7 Å². The average molecular weight is 340 g/mol. The van der Waals surface area contributed by atoms with Gasteiger partial charge < -0.3 is 4.90 Å². The van der Waals surface area contributed by atoms with Crippen molar-refractivity contribution in [2.45, 2.75) is 38.6 Å². The van der Waals surface area contributed by atoms with Crippen molar-refractivity contribution in [1.29, 1.82) is 0 Å². The molecule has 8 heteroatoms. The van der Waals surface area contributed by atoms with Gasteiger partial charge in [0.25, 0.3) is 0 Å². The Bertz CT molecular complexity index is 670. The minimum absolute atomic E-state index is 0.0955. The van der Waals surface area contributed by atoms with E-state index >= 15 is 0 Å². The van der Waals surface area contributed by atoms with Crippen LogP contribution < -0.4 is 5.32 Å². The van der Waals surface area contributed by atoms with Gasteiger partial charge in [-0.15, -0.1) is 0 Å². The lowest BCUT2D eigenvalue weighted by atomic mass is 10.1. The molecule has 3 rings (SSSR count). The first-order valence-corrected chi connectivity index (χ1v) is 10.1. The van der Waals surface area contributed by atoms with E-state index in [-0.39, 0.29) is 23.6 Å². The van der Waals surface area contributed by atoms with E-state index < -0.39 is 9.84 Å². The van der Waals surface area contributed by atoms with Crippen molar-refractivity contribution in [3.63, 3.8) is 0 Å². The highest BCUT2D eigenvalue weighted by Crippen LogP contribution is 2.26. The molecule has 128 valence electrons. The number of urea groups is 1. The molecule has 2 saturated heterocycles. The third kappa shape index (κ3) is 3.85. The van der Waals surface area contributed by atoms with E-state index in [9.17, 15) is 13.2 Å². The first-order chi connectivity index (χ1) is 10.9. The molecule has 2 fully saturated rings. The second-order valence-electron chi connectivity index (χ2n) is 6.69. The van der Waals surface area contributed by atoms with E-state index in [0.29, 0.717) is 18.2 Å². The molecule has 2 aliphatic heterocycles. The summed E-state index contributed by atoms with van der Waals surface area (Å²) in [5, 5.41) is 7.12. The first kappa shape index (κ1) is 16.3. The van der Waals surface area contributed by atoms with Gasteiger partial charge in [0, 0.05) is 19.2 Å². The van der Waals surface area contributed by atoms with Crippen molar-refractivity contribution in [2.24, 2.45) is 5.92 Å². The van der Waals surface area contributed by atoms with Crippen LogP contribution in [0.1, 0.15) is 38.6 Å². The third-order valence-electron chi connectivity index (χ3n) is 4.65. The van der Waals surface area contributed by atoms with Gasteiger partial charge in [-0.3, -0.25) is 5.32 Å². The molecular weight excluding hydrogens is 316 g/mol. The predicted octanol–water partition coefficient (Wildman–Crippen LogP) is 1.90.